The summed E-state index contributed by atoms with van der Waals surface area (Å²) < 4.78 is 1.52. The summed E-state index contributed by atoms with van der Waals surface area (Å²) in [6.07, 6.45) is 14.2. The number of benzene rings is 4. The molecule has 344 valence electrons. The van der Waals surface area contributed by atoms with Crippen LogP contribution in [0.2, 0.25) is 0 Å². The zero-order chi connectivity index (χ0) is 47.5. The molecular weight excluding hydrogens is 816 g/mol. The maximum Gasteiger partial charge on any atom is 0.264 e. The molecule has 4 heteroatoms. The van der Waals surface area contributed by atoms with Crippen molar-refractivity contribution in [3.8, 4) is 0 Å². The molecule has 5 aromatic rings. The van der Waals surface area contributed by atoms with Crippen LogP contribution >= 0.6 is 11.3 Å². The van der Waals surface area contributed by atoms with E-state index in [0.29, 0.717) is 0 Å². The molecule has 0 unspecified atom stereocenters. The molecule has 4 aromatic carbocycles. The first-order valence-electron chi connectivity index (χ1n) is 25.4. The maximum absolute atomic E-state index is 2.82. The molecule has 3 heterocycles. The SMILES string of the molecule is CC(C)(C)c1ccc(N2c3cc(C(C)(C)C)cc4c3B(c3ccc5c(c32)C(C)(C)CCC5(C)C)c2sc3c(c2N4c2ccc(C(C)(C)C)cc2C2=CCCC=C2)C(C)(C)CCC3(C)C)cc1. The fraction of sp³-hybridized carbons (Fsp3) is 0.484. The second-order valence-electron chi connectivity index (χ2n) is 26.7. The second kappa shape index (κ2) is 14.6. The van der Waals surface area contributed by atoms with E-state index in [1.807, 2.05) is 0 Å². The van der Waals surface area contributed by atoms with Gasteiger partial charge in [-0.3, -0.25) is 0 Å². The van der Waals surface area contributed by atoms with Crippen LogP contribution in [0.5, 0.6) is 0 Å². The van der Waals surface area contributed by atoms with Gasteiger partial charge in [0, 0.05) is 38.0 Å². The largest absolute Gasteiger partial charge is 0.311 e. The molecule has 1 aromatic heterocycles. The first-order valence-corrected chi connectivity index (χ1v) is 26.2. The van der Waals surface area contributed by atoms with Crippen molar-refractivity contribution in [2.75, 3.05) is 9.80 Å². The minimum absolute atomic E-state index is 0.00484. The first-order chi connectivity index (χ1) is 30.6. The number of fused-ring (bicyclic) bond motifs is 8. The Bertz CT molecular complexity index is 2870. The zero-order valence-corrected chi connectivity index (χ0v) is 44.5. The molecule has 0 N–H and O–H groups in total. The number of thiophene rings is 1. The molecule has 0 saturated carbocycles. The summed E-state index contributed by atoms with van der Waals surface area (Å²) in [4.78, 5) is 7.17. The molecule has 0 radical (unpaired) electrons. The van der Waals surface area contributed by atoms with Gasteiger partial charge >= 0.3 is 0 Å². The summed E-state index contributed by atoms with van der Waals surface area (Å²) in [6.45, 7) is 41.7. The van der Waals surface area contributed by atoms with Crippen molar-refractivity contribution in [2.45, 2.75) is 194 Å². The van der Waals surface area contributed by atoms with Gasteiger partial charge in [-0.1, -0.05) is 166 Å². The Labute approximate surface area is 404 Å². The summed E-state index contributed by atoms with van der Waals surface area (Å²) in [7, 11) is 0. The average molecular weight is 893 g/mol. The standard InChI is InChI=1S/C62H77BN2S/c1-56(2,3)39-23-26-42(27-24-39)64-47-36-41(58(7,8)9)37-48-51(47)63(45-29-28-44-49(52(45)64)60(12,13)32-31-59(44,10)11)55-53(50-54(66-55)62(16,17)34-33-61(50,14)15)65(48)46-30-25-40(57(4,5)6)35-43(46)38-21-19-18-20-22-38/h19,21-30,35-37H,18,20,31-34H2,1-17H3. The molecule has 10 rings (SSSR count). The molecule has 5 aliphatic rings. The minimum Gasteiger partial charge on any atom is -0.311 e. The molecule has 2 aliphatic heterocycles. The van der Waals surface area contributed by atoms with Crippen molar-refractivity contribution in [3.63, 3.8) is 0 Å². The molecule has 66 heavy (non-hydrogen) atoms. The number of hydrogen-bond acceptors (Lipinski definition) is 3. The van der Waals surface area contributed by atoms with Crippen LogP contribution in [0.15, 0.2) is 85.0 Å². The Balaban J connectivity index is 1.40. The van der Waals surface area contributed by atoms with Gasteiger partial charge < -0.3 is 9.80 Å². The number of allylic oxidation sites excluding steroid dienone is 4. The summed E-state index contributed by atoms with van der Waals surface area (Å²) in [6, 6.07) is 27.6. The van der Waals surface area contributed by atoms with Crippen molar-refractivity contribution in [3.05, 3.63) is 129 Å². The van der Waals surface area contributed by atoms with Gasteiger partial charge in [0.1, 0.15) is 0 Å². The van der Waals surface area contributed by atoms with Crippen LogP contribution in [0.4, 0.5) is 34.1 Å². The lowest BCUT2D eigenvalue weighted by Gasteiger charge is -2.50. The van der Waals surface area contributed by atoms with Crippen LogP contribution in [-0.4, -0.2) is 6.71 Å². The van der Waals surface area contributed by atoms with E-state index in [4.69, 9.17) is 0 Å². The van der Waals surface area contributed by atoms with Gasteiger partial charge in [-0.2, -0.15) is 11.3 Å². The van der Waals surface area contributed by atoms with Gasteiger partial charge in [-0.05, 0) is 163 Å². The van der Waals surface area contributed by atoms with E-state index in [-0.39, 0.29) is 44.6 Å². The van der Waals surface area contributed by atoms with E-state index in [0.717, 1.165) is 19.3 Å². The average Bonchev–Trinajstić information content (AvgIpc) is 3.66. The topological polar surface area (TPSA) is 6.48 Å². The lowest BCUT2D eigenvalue weighted by molar-refractivity contribution is 0.333. The van der Waals surface area contributed by atoms with Gasteiger partial charge in [0.2, 0.25) is 0 Å². The highest BCUT2D eigenvalue weighted by molar-refractivity contribution is 7.29. The van der Waals surface area contributed by atoms with Crippen LogP contribution in [0.3, 0.4) is 0 Å². The number of hydrogen-bond donors (Lipinski definition) is 0. The molecule has 0 spiro atoms. The Morgan fingerprint density at radius 2 is 1.11 bits per heavy atom. The van der Waals surface area contributed by atoms with E-state index >= 15 is 0 Å². The normalized spacial score (nSPS) is 20.0. The highest BCUT2D eigenvalue weighted by Crippen LogP contribution is 2.59. The van der Waals surface area contributed by atoms with Crippen LogP contribution in [-0.2, 0) is 37.9 Å². The molecule has 0 bridgehead atoms. The van der Waals surface area contributed by atoms with Crippen molar-refractivity contribution in [1.82, 2.24) is 0 Å². The van der Waals surface area contributed by atoms with Crippen LogP contribution in [0.1, 0.15) is 200 Å². The van der Waals surface area contributed by atoms with Crippen LogP contribution < -0.4 is 25.5 Å². The van der Waals surface area contributed by atoms with Crippen molar-refractivity contribution < 1.29 is 0 Å². The predicted octanol–water partition coefficient (Wildman–Crippen LogP) is 16.2. The van der Waals surface area contributed by atoms with E-state index in [2.05, 4.69) is 224 Å². The molecule has 0 amide bonds. The second-order valence-corrected chi connectivity index (χ2v) is 27.7. The third-order valence-electron chi connectivity index (χ3n) is 16.8. The highest BCUT2D eigenvalue weighted by atomic mass is 32.1. The van der Waals surface area contributed by atoms with E-state index in [1.165, 1.54) is 102 Å². The lowest BCUT2D eigenvalue weighted by Crippen LogP contribution is -2.61. The zero-order valence-electron chi connectivity index (χ0n) is 43.7. The Kier molecular flexibility index (Phi) is 10.1. The fourth-order valence-electron chi connectivity index (χ4n) is 12.3. The smallest absolute Gasteiger partial charge is 0.264 e. The monoisotopic (exact) mass is 893 g/mol. The molecular formula is C62H77BN2S. The van der Waals surface area contributed by atoms with Gasteiger partial charge in [0.05, 0.1) is 11.4 Å². The summed E-state index contributed by atoms with van der Waals surface area (Å²) >= 11 is 2.16. The maximum atomic E-state index is 2.82. The third-order valence-corrected chi connectivity index (χ3v) is 18.4. The Hall–Kier alpha value is -4.28. The Morgan fingerprint density at radius 1 is 0.530 bits per heavy atom. The number of nitrogens with zero attached hydrogens (tertiary/aromatic N) is 2. The first kappa shape index (κ1) is 45.5. The van der Waals surface area contributed by atoms with Gasteiger partial charge in [0.25, 0.3) is 6.71 Å². The summed E-state index contributed by atoms with van der Waals surface area (Å²) in [5.74, 6) is 0. The van der Waals surface area contributed by atoms with E-state index in [9.17, 15) is 0 Å². The molecule has 0 fully saturated rings. The quantitative estimate of drug-likeness (QED) is 0.163. The third kappa shape index (κ3) is 6.98. The van der Waals surface area contributed by atoms with Crippen LogP contribution in [0, 0.1) is 0 Å². The summed E-state index contributed by atoms with van der Waals surface area (Å²) in [5, 5.41) is 0. The number of anilines is 6. The minimum atomic E-state index is -0.102. The lowest BCUT2D eigenvalue weighted by atomic mass is 9.35. The number of rotatable bonds is 3. The molecule has 3 aliphatic carbocycles. The van der Waals surface area contributed by atoms with Crippen LogP contribution in [0.25, 0.3) is 5.57 Å². The molecule has 0 saturated heterocycles. The van der Waals surface area contributed by atoms with Gasteiger partial charge in [-0.25, -0.2) is 0 Å². The summed E-state index contributed by atoms with van der Waals surface area (Å²) in [5.41, 5.74) is 22.6. The van der Waals surface area contributed by atoms with Crippen molar-refractivity contribution >= 4 is 73.4 Å². The van der Waals surface area contributed by atoms with Gasteiger partial charge in [0.15, 0.2) is 0 Å². The fourth-order valence-corrected chi connectivity index (χ4v) is 14.0. The van der Waals surface area contributed by atoms with E-state index < -0.39 is 0 Å². The predicted molar refractivity (Wildman–Crippen MR) is 291 cm³/mol. The van der Waals surface area contributed by atoms with Crippen molar-refractivity contribution in [2.24, 2.45) is 0 Å². The molecule has 0 atom stereocenters. The highest BCUT2D eigenvalue weighted by Gasteiger charge is 2.53. The van der Waals surface area contributed by atoms with Crippen molar-refractivity contribution in [1.29, 1.82) is 0 Å². The van der Waals surface area contributed by atoms with E-state index in [1.54, 1.807) is 16.0 Å². The molecule has 2 nitrogen and oxygen atoms in total. The van der Waals surface area contributed by atoms with Gasteiger partial charge in [-0.15, -0.1) is 0 Å². The Morgan fingerprint density at radius 3 is 1.71 bits per heavy atom.